The number of pyridine rings is 1. The SMILES string of the molecule is NC(=O)c1cnc(Nc2cccc(F)c2)cc1N[C@@H]1CCNC[C@@H]1F. The fourth-order valence-electron chi connectivity index (χ4n) is 2.74. The van der Waals surface area contributed by atoms with Gasteiger partial charge in [-0.2, -0.15) is 0 Å². The van der Waals surface area contributed by atoms with Crippen molar-refractivity contribution in [2.75, 3.05) is 23.7 Å². The number of nitrogens with zero attached hydrogens (tertiary/aromatic N) is 1. The van der Waals surface area contributed by atoms with E-state index in [2.05, 4.69) is 20.9 Å². The topological polar surface area (TPSA) is 92.1 Å². The highest BCUT2D eigenvalue weighted by Crippen LogP contribution is 2.24. The van der Waals surface area contributed by atoms with Gasteiger partial charge in [0.25, 0.3) is 5.91 Å². The second kappa shape index (κ2) is 7.43. The fraction of sp³-hybridized carbons (Fsp3) is 0.294. The van der Waals surface area contributed by atoms with E-state index in [1.807, 2.05) is 0 Å². The normalized spacial score (nSPS) is 20.1. The first kappa shape index (κ1) is 17.1. The summed E-state index contributed by atoms with van der Waals surface area (Å²) in [7, 11) is 0. The Morgan fingerprint density at radius 1 is 1.36 bits per heavy atom. The van der Waals surface area contributed by atoms with Gasteiger partial charge in [0, 0.05) is 24.5 Å². The molecule has 25 heavy (non-hydrogen) atoms. The lowest BCUT2D eigenvalue weighted by Gasteiger charge is -2.29. The summed E-state index contributed by atoms with van der Waals surface area (Å²) < 4.78 is 27.3. The molecule has 0 spiro atoms. The van der Waals surface area contributed by atoms with Crippen LogP contribution in [0.2, 0.25) is 0 Å². The molecule has 3 rings (SSSR count). The maximum atomic E-state index is 14.0. The second-order valence-electron chi connectivity index (χ2n) is 5.87. The molecule has 1 saturated heterocycles. The highest BCUT2D eigenvalue weighted by atomic mass is 19.1. The molecule has 1 aliphatic rings. The Morgan fingerprint density at radius 3 is 2.92 bits per heavy atom. The molecule has 1 fully saturated rings. The first-order valence-corrected chi connectivity index (χ1v) is 7.96. The molecule has 2 atom stereocenters. The van der Waals surface area contributed by atoms with Gasteiger partial charge in [-0.25, -0.2) is 13.8 Å². The standard InChI is InChI=1S/C17H19F2N5O/c18-10-2-1-3-11(6-10)23-16-7-15(12(8-22-16)17(20)25)24-14-4-5-21-9-13(14)19/h1-3,6-8,13-14,21H,4-5,9H2,(H2,20,25)(H2,22,23,24)/t13-,14+/m0/s1. The molecule has 132 valence electrons. The summed E-state index contributed by atoms with van der Waals surface area (Å²) in [5.41, 5.74) is 6.47. The van der Waals surface area contributed by atoms with Crippen LogP contribution < -0.4 is 21.7 Å². The van der Waals surface area contributed by atoms with Crippen molar-refractivity contribution in [3.05, 3.63) is 47.9 Å². The van der Waals surface area contributed by atoms with Gasteiger partial charge < -0.3 is 21.7 Å². The maximum Gasteiger partial charge on any atom is 0.252 e. The van der Waals surface area contributed by atoms with Gasteiger partial charge in [-0.1, -0.05) is 6.07 Å². The van der Waals surface area contributed by atoms with Crippen LogP contribution in [0.15, 0.2) is 36.5 Å². The van der Waals surface area contributed by atoms with E-state index in [0.29, 0.717) is 30.2 Å². The number of nitrogens with two attached hydrogens (primary N) is 1. The summed E-state index contributed by atoms with van der Waals surface area (Å²) in [6.45, 7) is 0.937. The Morgan fingerprint density at radius 2 is 2.20 bits per heavy atom. The fourth-order valence-corrected chi connectivity index (χ4v) is 2.74. The van der Waals surface area contributed by atoms with Crippen LogP contribution in [0.1, 0.15) is 16.8 Å². The monoisotopic (exact) mass is 347 g/mol. The number of hydrogen-bond acceptors (Lipinski definition) is 5. The van der Waals surface area contributed by atoms with E-state index in [9.17, 15) is 13.6 Å². The molecule has 0 saturated carbocycles. The third-order valence-corrected chi connectivity index (χ3v) is 4.02. The number of primary amides is 1. The zero-order valence-electron chi connectivity index (χ0n) is 13.4. The molecule has 0 aliphatic carbocycles. The molecule has 0 radical (unpaired) electrons. The number of alkyl halides is 1. The van der Waals surface area contributed by atoms with Crippen LogP contribution in [-0.4, -0.2) is 36.2 Å². The van der Waals surface area contributed by atoms with Crippen LogP contribution in [-0.2, 0) is 0 Å². The molecular weight excluding hydrogens is 328 g/mol. The highest BCUT2D eigenvalue weighted by Gasteiger charge is 2.25. The van der Waals surface area contributed by atoms with Crippen molar-refractivity contribution in [2.24, 2.45) is 5.73 Å². The van der Waals surface area contributed by atoms with Crippen LogP contribution in [0, 0.1) is 5.82 Å². The van der Waals surface area contributed by atoms with Gasteiger partial charge in [0.1, 0.15) is 17.8 Å². The minimum atomic E-state index is -1.08. The molecule has 8 heteroatoms. The lowest BCUT2D eigenvalue weighted by atomic mass is 10.0. The molecule has 1 aromatic carbocycles. The average Bonchev–Trinajstić information content (AvgIpc) is 2.57. The van der Waals surface area contributed by atoms with Crippen molar-refractivity contribution >= 4 is 23.1 Å². The Hall–Kier alpha value is -2.74. The zero-order valence-corrected chi connectivity index (χ0v) is 13.4. The summed E-state index contributed by atoms with van der Waals surface area (Å²) in [6, 6.07) is 7.05. The van der Waals surface area contributed by atoms with E-state index >= 15 is 0 Å². The van der Waals surface area contributed by atoms with Gasteiger partial charge in [0.15, 0.2) is 0 Å². The van der Waals surface area contributed by atoms with Crippen molar-refractivity contribution in [1.82, 2.24) is 10.3 Å². The van der Waals surface area contributed by atoms with Gasteiger partial charge in [-0.15, -0.1) is 0 Å². The first-order chi connectivity index (χ1) is 12.0. The number of aromatic nitrogens is 1. The van der Waals surface area contributed by atoms with Crippen LogP contribution in [0.4, 0.5) is 26.0 Å². The van der Waals surface area contributed by atoms with Gasteiger partial charge in [0.05, 0.1) is 17.3 Å². The van der Waals surface area contributed by atoms with E-state index in [-0.39, 0.29) is 17.9 Å². The molecule has 5 N–H and O–H groups in total. The van der Waals surface area contributed by atoms with Crippen LogP contribution in [0.3, 0.4) is 0 Å². The van der Waals surface area contributed by atoms with E-state index in [1.54, 1.807) is 18.2 Å². The van der Waals surface area contributed by atoms with Crippen LogP contribution in [0.25, 0.3) is 0 Å². The van der Waals surface area contributed by atoms with Gasteiger partial charge in [-0.3, -0.25) is 4.79 Å². The molecular formula is C17H19F2N5O. The average molecular weight is 347 g/mol. The number of benzene rings is 1. The third-order valence-electron chi connectivity index (χ3n) is 4.02. The van der Waals surface area contributed by atoms with Crippen molar-refractivity contribution < 1.29 is 13.6 Å². The van der Waals surface area contributed by atoms with Gasteiger partial charge in [-0.05, 0) is 31.2 Å². The Kier molecular flexibility index (Phi) is 5.08. The summed E-state index contributed by atoms with van der Waals surface area (Å²) in [4.78, 5) is 15.7. The lowest BCUT2D eigenvalue weighted by molar-refractivity contribution is 0.100. The Bertz CT molecular complexity index is 770. The minimum Gasteiger partial charge on any atom is -0.378 e. The summed E-state index contributed by atoms with van der Waals surface area (Å²) in [5.74, 6) is -0.647. The molecule has 2 aromatic rings. The third kappa shape index (κ3) is 4.21. The van der Waals surface area contributed by atoms with E-state index in [1.165, 1.54) is 18.3 Å². The number of amides is 1. The molecule has 0 unspecified atom stereocenters. The first-order valence-electron chi connectivity index (χ1n) is 7.96. The second-order valence-corrected chi connectivity index (χ2v) is 5.87. The van der Waals surface area contributed by atoms with E-state index in [4.69, 9.17) is 5.73 Å². The lowest BCUT2D eigenvalue weighted by Crippen LogP contribution is -2.45. The van der Waals surface area contributed by atoms with Crippen molar-refractivity contribution in [3.8, 4) is 0 Å². The molecule has 0 bridgehead atoms. The number of hydrogen-bond donors (Lipinski definition) is 4. The molecule has 1 amide bonds. The molecule has 1 aromatic heterocycles. The van der Waals surface area contributed by atoms with Gasteiger partial charge in [0.2, 0.25) is 0 Å². The Balaban J connectivity index is 1.85. The number of piperidine rings is 1. The van der Waals surface area contributed by atoms with Crippen molar-refractivity contribution in [1.29, 1.82) is 0 Å². The predicted octanol–water partition coefficient (Wildman–Crippen LogP) is 2.18. The molecule has 1 aliphatic heterocycles. The number of anilines is 3. The minimum absolute atomic E-state index is 0.176. The number of carbonyl (C=O) groups is 1. The maximum absolute atomic E-state index is 14.0. The predicted molar refractivity (Wildman–Crippen MR) is 92.2 cm³/mol. The summed E-state index contributed by atoms with van der Waals surface area (Å²) in [6.07, 6.45) is 0.817. The number of halogens is 2. The van der Waals surface area contributed by atoms with Gasteiger partial charge >= 0.3 is 0 Å². The molecule has 2 heterocycles. The van der Waals surface area contributed by atoms with Crippen LogP contribution >= 0.6 is 0 Å². The quantitative estimate of drug-likeness (QED) is 0.665. The van der Waals surface area contributed by atoms with Crippen molar-refractivity contribution in [2.45, 2.75) is 18.6 Å². The number of rotatable bonds is 5. The summed E-state index contributed by atoms with van der Waals surface area (Å²) in [5, 5.41) is 8.97. The Labute approximate surface area is 143 Å². The smallest absolute Gasteiger partial charge is 0.252 e. The highest BCUT2D eigenvalue weighted by molar-refractivity contribution is 5.98. The van der Waals surface area contributed by atoms with Crippen LogP contribution in [0.5, 0.6) is 0 Å². The molecule has 6 nitrogen and oxygen atoms in total. The zero-order chi connectivity index (χ0) is 17.8. The number of carbonyl (C=O) groups excluding carboxylic acids is 1. The van der Waals surface area contributed by atoms with Crippen molar-refractivity contribution in [3.63, 3.8) is 0 Å². The summed E-state index contributed by atoms with van der Waals surface area (Å²) >= 11 is 0. The number of nitrogens with one attached hydrogen (secondary N) is 3. The largest absolute Gasteiger partial charge is 0.378 e. The van der Waals surface area contributed by atoms with E-state index < -0.39 is 18.1 Å². The van der Waals surface area contributed by atoms with E-state index in [0.717, 1.165) is 0 Å².